The zero-order valence-corrected chi connectivity index (χ0v) is 12.8. The number of hydrogen-bond donors (Lipinski definition) is 2. The van der Waals surface area contributed by atoms with Crippen LogP contribution in [0.15, 0.2) is 34.9 Å². The lowest BCUT2D eigenvalue weighted by atomic mass is 10.0. The molecule has 1 aromatic carbocycles. The highest BCUT2D eigenvalue weighted by Crippen LogP contribution is 2.30. The number of thioether (sulfide) groups is 1. The summed E-state index contributed by atoms with van der Waals surface area (Å²) in [4.78, 5) is 4.35. The van der Waals surface area contributed by atoms with Crippen LogP contribution in [0, 0.1) is 0 Å². The van der Waals surface area contributed by atoms with Gasteiger partial charge in [-0.25, -0.2) is 0 Å². The lowest BCUT2D eigenvalue weighted by Crippen LogP contribution is -2.36. The summed E-state index contributed by atoms with van der Waals surface area (Å²) >= 11 is 5.30. The number of rotatable bonds is 3. The second-order valence-electron chi connectivity index (χ2n) is 4.90. The summed E-state index contributed by atoms with van der Waals surface area (Å²) in [5, 5.41) is 14.8. The lowest BCUT2D eigenvalue weighted by Gasteiger charge is -2.22. The van der Waals surface area contributed by atoms with Crippen molar-refractivity contribution in [2.45, 2.75) is 12.0 Å². The van der Waals surface area contributed by atoms with E-state index >= 15 is 0 Å². The van der Waals surface area contributed by atoms with Crippen LogP contribution in [0.25, 0.3) is 10.9 Å². The van der Waals surface area contributed by atoms with Gasteiger partial charge in [0.15, 0.2) is 0 Å². The van der Waals surface area contributed by atoms with E-state index in [1.807, 2.05) is 30.0 Å². The van der Waals surface area contributed by atoms with E-state index in [2.05, 4.69) is 32.3 Å². The summed E-state index contributed by atoms with van der Waals surface area (Å²) in [5.41, 5.74) is 1.41. The van der Waals surface area contributed by atoms with Crippen LogP contribution in [0.2, 0.25) is 0 Å². The highest BCUT2D eigenvalue weighted by atomic mass is 79.9. The van der Waals surface area contributed by atoms with Gasteiger partial charge in [-0.2, -0.15) is 11.8 Å². The molecule has 0 saturated carbocycles. The molecule has 2 N–H and O–H groups in total. The normalized spacial score (nSPS) is 22.8. The Bertz CT molecular complexity index is 599. The smallest absolute Gasteiger partial charge is 0.0916 e. The van der Waals surface area contributed by atoms with Gasteiger partial charge in [0.05, 0.1) is 11.1 Å². The predicted molar refractivity (Wildman–Crippen MR) is 84.8 cm³/mol. The average Bonchev–Trinajstić information content (AvgIpc) is 2.84. The monoisotopic (exact) mass is 338 g/mol. The molecule has 5 heteroatoms. The van der Waals surface area contributed by atoms with Crippen molar-refractivity contribution in [2.75, 3.05) is 23.4 Å². The number of pyridine rings is 1. The highest BCUT2D eigenvalue weighted by Gasteiger charge is 2.31. The van der Waals surface area contributed by atoms with Crippen molar-refractivity contribution >= 4 is 44.3 Å². The van der Waals surface area contributed by atoms with Gasteiger partial charge >= 0.3 is 0 Å². The molecule has 19 heavy (non-hydrogen) atoms. The number of anilines is 1. The Morgan fingerprint density at radius 1 is 1.42 bits per heavy atom. The van der Waals surface area contributed by atoms with E-state index in [0.717, 1.165) is 39.0 Å². The summed E-state index contributed by atoms with van der Waals surface area (Å²) in [7, 11) is 0. The van der Waals surface area contributed by atoms with Crippen molar-refractivity contribution < 1.29 is 5.11 Å². The fourth-order valence-electron chi connectivity index (χ4n) is 2.27. The molecule has 1 atom stereocenters. The maximum atomic E-state index is 10.4. The zero-order valence-electron chi connectivity index (χ0n) is 10.4. The number of halogens is 1. The van der Waals surface area contributed by atoms with Gasteiger partial charge in [0.2, 0.25) is 0 Å². The minimum atomic E-state index is -0.577. The summed E-state index contributed by atoms with van der Waals surface area (Å²) in [6.07, 6.45) is 2.66. The van der Waals surface area contributed by atoms with Gasteiger partial charge in [0, 0.05) is 34.0 Å². The van der Waals surface area contributed by atoms with Gasteiger partial charge in [-0.1, -0.05) is 15.9 Å². The van der Waals surface area contributed by atoms with Gasteiger partial charge < -0.3 is 10.4 Å². The number of fused-ring (bicyclic) bond motifs is 1. The van der Waals surface area contributed by atoms with Gasteiger partial charge in [0.25, 0.3) is 0 Å². The first-order valence-electron chi connectivity index (χ1n) is 6.25. The van der Waals surface area contributed by atoms with Crippen LogP contribution in [0.1, 0.15) is 6.42 Å². The van der Waals surface area contributed by atoms with E-state index in [0.29, 0.717) is 6.54 Å². The second-order valence-corrected chi connectivity index (χ2v) is 6.92. The molecule has 3 nitrogen and oxygen atoms in total. The molecule has 1 unspecified atom stereocenters. The Balaban J connectivity index is 1.86. The molecular weight excluding hydrogens is 324 g/mol. The maximum Gasteiger partial charge on any atom is 0.0916 e. The van der Waals surface area contributed by atoms with Crippen LogP contribution in [-0.2, 0) is 0 Å². The van der Waals surface area contributed by atoms with E-state index in [-0.39, 0.29) is 0 Å². The third-order valence-electron chi connectivity index (χ3n) is 3.39. The summed E-state index contributed by atoms with van der Waals surface area (Å²) < 4.78 is 1.03. The Morgan fingerprint density at radius 2 is 2.32 bits per heavy atom. The van der Waals surface area contributed by atoms with E-state index in [1.54, 1.807) is 6.20 Å². The molecule has 1 aromatic heterocycles. The molecule has 100 valence electrons. The molecule has 1 fully saturated rings. The van der Waals surface area contributed by atoms with E-state index < -0.39 is 5.60 Å². The van der Waals surface area contributed by atoms with Crippen molar-refractivity contribution in [1.29, 1.82) is 0 Å². The number of aromatic nitrogens is 1. The number of hydrogen-bond acceptors (Lipinski definition) is 4. The minimum Gasteiger partial charge on any atom is -0.387 e. The molecule has 0 radical (unpaired) electrons. The average molecular weight is 339 g/mol. The Kier molecular flexibility index (Phi) is 3.69. The number of nitrogens with one attached hydrogen (secondary N) is 1. The SMILES string of the molecule is OC1(CNc2ccnc3ccc(Br)cc23)CCSC1. The minimum absolute atomic E-state index is 0.577. The first-order valence-corrected chi connectivity index (χ1v) is 8.19. The second kappa shape index (κ2) is 5.31. The Labute approximate surface area is 124 Å². The molecule has 0 amide bonds. The van der Waals surface area contributed by atoms with Crippen LogP contribution >= 0.6 is 27.7 Å². The van der Waals surface area contributed by atoms with Gasteiger partial charge in [-0.15, -0.1) is 0 Å². The van der Waals surface area contributed by atoms with Crippen molar-refractivity contribution in [1.82, 2.24) is 4.98 Å². The van der Waals surface area contributed by atoms with Crippen molar-refractivity contribution in [2.24, 2.45) is 0 Å². The molecule has 1 aliphatic rings. The number of nitrogens with zero attached hydrogens (tertiary/aromatic N) is 1. The molecular formula is C14H15BrN2OS. The molecule has 2 aromatic rings. The molecule has 2 heterocycles. The molecule has 3 rings (SSSR count). The molecule has 0 spiro atoms. The highest BCUT2D eigenvalue weighted by molar-refractivity contribution is 9.10. The van der Waals surface area contributed by atoms with Crippen molar-refractivity contribution in [3.63, 3.8) is 0 Å². The van der Waals surface area contributed by atoms with Crippen LogP contribution in [0.4, 0.5) is 5.69 Å². The topological polar surface area (TPSA) is 45.1 Å². The molecule has 0 bridgehead atoms. The third-order valence-corrected chi connectivity index (χ3v) is 5.12. The standard InChI is InChI=1S/C14H15BrN2OS/c15-10-1-2-12-11(7-10)13(3-5-16-12)17-8-14(18)4-6-19-9-14/h1-3,5,7,18H,4,6,8-9H2,(H,16,17). The Hall–Kier alpha value is -0.780. The molecule has 1 saturated heterocycles. The summed E-state index contributed by atoms with van der Waals surface area (Å²) in [6.45, 7) is 0.589. The molecule has 1 aliphatic heterocycles. The van der Waals surface area contributed by atoms with E-state index in [4.69, 9.17) is 0 Å². The van der Waals surface area contributed by atoms with E-state index in [9.17, 15) is 5.11 Å². The Morgan fingerprint density at radius 3 is 3.11 bits per heavy atom. The maximum absolute atomic E-state index is 10.4. The third kappa shape index (κ3) is 2.88. The lowest BCUT2D eigenvalue weighted by molar-refractivity contribution is 0.0820. The van der Waals surface area contributed by atoms with Gasteiger partial charge in [-0.3, -0.25) is 4.98 Å². The summed E-state index contributed by atoms with van der Waals surface area (Å²) in [5.74, 6) is 1.85. The molecule has 0 aliphatic carbocycles. The fourth-order valence-corrected chi connectivity index (χ4v) is 3.92. The van der Waals surface area contributed by atoms with Crippen LogP contribution < -0.4 is 5.32 Å². The van der Waals surface area contributed by atoms with Crippen LogP contribution in [0.5, 0.6) is 0 Å². The van der Waals surface area contributed by atoms with E-state index in [1.165, 1.54) is 0 Å². The van der Waals surface area contributed by atoms with Crippen molar-refractivity contribution in [3.8, 4) is 0 Å². The van der Waals surface area contributed by atoms with Crippen LogP contribution in [-0.4, -0.2) is 33.7 Å². The number of benzene rings is 1. The number of aliphatic hydroxyl groups is 1. The predicted octanol–water partition coefficient (Wildman–Crippen LogP) is 3.28. The quantitative estimate of drug-likeness (QED) is 0.901. The zero-order chi connectivity index (χ0) is 13.3. The first kappa shape index (κ1) is 13.2. The summed E-state index contributed by atoms with van der Waals surface area (Å²) in [6, 6.07) is 7.99. The van der Waals surface area contributed by atoms with Gasteiger partial charge in [0.1, 0.15) is 0 Å². The first-order chi connectivity index (χ1) is 9.16. The van der Waals surface area contributed by atoms with Crippen LogP contribution in [0.3, 0.4) is 0 Å². The van der Waals surface area contributed by atoms with Crippen molar-refractivity contribution in [3.05, 3.63) is 34.9 Å². The fraction of sp³-hybridized carbons (Fsp3) is 0.357. The largest absolute Gasteiger partial charge is 0.387 e. The van der Waals surface area contributed by atoms with Gasteiger partial charge in [-0.05, 0) is 36.4 Å².